The van der Waals surface area contributed by atoms with Gasteiger partial charge in [-0.15, -0.1) is 11.3 Å². The van der Waals surface area contributed by atoms with Gasteiger partial charge in [0.1, 0.15) is 6.04 Å². The predicted molar refractivity (Wildman–Crippen MR) is 89.1 cm³/mol. The quantitative estimate of drug-likeness (QED) is 0.902. The van der Waals surface area contributed by atoms with Crippen LogP contribution in [-0.2, 0) is 11.2 Å². The summed E-state index contributed by atoms with van der Waals surface area (Å²) in [5.41, 5.74) is 0.964. The summed E-state index contributed by atoms with van der Waals surface area (Å²) in [4.78, 5) is 32.8. The van der Waals surface area contributed by atoms with Crippen molar-refractivity contribution >= 4 is 23.3 Å². The second-order valence-corrected chi connectivity index (χ2v) is 6.72. The fourth-order valence-corrected chi connectivity index (χ4v) is 3.20. The number of aryl methyl sites for hydroxylation is 2. The molecule has 1 aromatic heterocycles. The number of nitrogens with zero attached hydrogens (tertiary/aromatic N) is 3. The molecule has 0 aliphatic heterocycles. The smallest absolute Gasteiger partial charge is 0.318 e. The lowest BCUT2D eigenvalue weighted by Crippen LogP contribution is -2.49. The number of thiazole rings is 1. The number of hydrogen-bond acceptors (Lipinski definition) is 4. The van der Waals surface area contributed by atoms with E-state index in [1.807, 2.05) is 13.8 Å². The molecular weight excluding hydrogens is 300 g/mol. The van der Waals surface area contributed by atoms with E-state index in [2.05, 4.69) is 17.2 Å². The minimum Gasteiger partial charge on any atom is -0.347 e. The molecule has 1 rings (SSSR count). The van der Waals surface area contributed by atoms with Gasteiger partial charge in [-0.05, 0) is 27.2 Å². The van der Waals surface area contributed by atoms with E-state index in [-0.39, 0.29) is 18.0 Å². The third-order valence-corrected chi connectivity index (χ3v) is 5.08. The first-order valence-corrected chi connectivity index (χ1v) is 8.21. The molecule has 1 aromatic rings. The van der Waals surface area contributed by atoms with Crippen LogP contribution in [0, 0.1) is 6.92 Å². The molecule has 2 atom stereocenters. The molecule has 0 bridgehead atoms. The number of rotatable bonds is 5. The third kappa shape index (κ3) is 4.19. The fraction of sp³-hybridized carbons (Fsp3) is 0.667. The molecule has 0 radical (unpaired) electrons. The summed E-state index contributed by atoms with van der Waals surface area (Å²) in [6, 6.07) is -0.897. The van der Waals surface area contributed by atoms with Crippen LogP contribution in [0.25, 0.3) is 0 Å². The molecule has 3 amide bonds. The summed E-state index contributed by atoms with van der Waals surface area (Å²) in [5, 5.41) is 3.81. The van der Waals surface area contributed by atoms with E-state index < -0.39 is 6.04 Å². The Bertz CT molecular complexity index is 542. The lowest BCUT2D eigenvalue weighted by molar-refractivity contribution is -0.130. The lowest BCUT2D eigenvalue weighted by Gasteiger charge is -2.27. The number of hydrogen-bond donors (Lipinski definition) is 1. The number of carbonyl (C=O) groups excluding carboxylic acids is 2. The van der Waals surface area contributed by atoms with Gasteiger partial charge < -0.3 is 15.1 Å². The van der Waals surface area contributed by atoms with Crippen LogP contribution in [-0.4, -0.2) is 53.9 Å². The zero-order chi connectivity index (χ0) is 17.0. The van der Waals surface area contributed by atoms with Gasteiger partial charge in [-0.2, -0.15) is 0 Å². The Morgan fingerprint density at radius 1 is 1.27 bits per heavy atom. The number of urea groups is 1. The highest BCUT2D eigenvalue weighted by Crippen LogP contribution is 2.28. The number of likely N-dealkylation sites (N-methyl/N-ethyl adjacent to an activating group) is 1. The first-order chi connectivity index (χ1) is 10.2. The van der Waals surface area contributed by atoms with Gasteiger partial charge in [-0.3, -0.25) is 4.79 Å². The molecule has 0 aliphatic carbocycles. The summed E-state index contributed by atoms with van der Waals surface area (Å²) in [7, 11) is 5.08. The van der Waals surface area contributed by atoms with Crippen LogP contribution in [0.3, 0.4) is 0 Å². The standard InChI is InChI=1S/C15H26N4O2S/c1-8-12-16-9(2)13(22-12)11(4)19(7)15(21)17-10(3)14(20)18(5)6/h10-11H,8H2,1-7H3,(H,17,21)/t10-,11+/m0/s1. The average molecular weight is 326 g/mol. The topological polar surface area (TPSA) is 65.5 Å². The highest BCUT2D eigenvalue weighted by atomic mass is 32.1. The molecule has 0 saturated heterocycles. The van der Waals surface area contributed by atoms with Gasteiger partial charge in [-0.1, -0.05) is 6.92 Å². The minimum atomic E-state index is -0.550. The Morgan fingerprint density at radius 2 is 1.86 bits per heavy atom. The Labute approximate surface area is 136 Å². The van der Waals surface area contributed by atoms with E-state index in [1.165, 1.54) is 4.90 Å². The van der Waals surface area contributed by atoms with Crippen LogP contribution < -0.4 is 5.32 Å². The van der Waals surface area contributed by atoms with E-state index in [0.29, 0.717) is 0 Å². The molecule has 0 unspecified atom stereocenters. The van der Waals surface area contributed by atoms with Crippen LogP contribution in [0.1, 0.15) is 42.4 Å². The van der Waals surface area contributed by atoms with Gasteiger partial charge in [0.05, 0.1) is 16.7 Å². The Balaban J connectivity index is 2.77. The molecule has 0 aliphatic rings. The largest absolute Gasteiger partial charge is 0.347 e. The lowest BCUT2D eigenvalue weighted by atomic mass is 10.2. The highest BCUT2D eigenvalue weighted by molar-refractivity contribution is 7.11. The van der Waals surface area contributed by atoms with Crippen molar-refractivity contribution in [2.24, 2.45) is 0 Å². The fourth-order valence-electron chi connectivity index (χ4n) is 2.09. The molecule has 0 fully saturated rings. The molecule has 0 saturated carbocycles. The molecule has 7 heteroatoms. The van der Waals surface area contributed by atoms with E-state index >= 15 is 0 Å². The van der Waals surface area contributed by atoms with Gasteiger partial charge in [0.15, 0.2) is 0 Å². The van der Waals surface area contributed by atoms with Crippen molar-refractivity contribution in [3.63, 3.8) is 0 Å². The van der Waals surface area contributed by atoms with Crippen LogP contribution in [0.4, 0.5) is 4.79 Å². The van der Waals surface area contributed by atoms with Crippen LogP contribution in [0.15, 0.2) is 0 Å². The zero-order valence-corrected chi connectivity index (χ0v) is 15.2. The van der Waals surface area contributed by atoms with Gasteiger partial charge in [0, 0.05) is 26.0 Å². The average Bonchev–Trinajstić information content (AvgIpc) is 2.85. The van der Waals surface area contributed by atoms with Crippen molar-refractivity contribution < 1.29 is 9.59 Å². The van der Waals surface area contributed by atoms with Crippen LogP contribution >= 0.6 is 11.3 Å². The van der Waals surface area contributed by atoms with Crippen molar-refractivity contribution in [1.82, 2.24) is 20.1 Å². The number of carbonyl (C=O) groups is 2. The Morgan fingerprint density at radius 3 is 2.32 bits per heavy atom. The normalized spacial score (nSPS) is 13.4. The van der Waals surface area contributed by atoms with Gasteiger partial charge in [0.2, 0.25) is 5.91 Å². The SMILES string of the molecule is CCc1nc(C)c([C@@H](C)N(C)C(=O)N[C@@H](C)C(=O)N(C)C)s1. The van der Waals surface area contributed by atoms with E-state index in [1.54, 1.807) is 44.3 Å². The van der Waals surface area contributed by atoms with Gasteiger partial charge in [0.25, 0.3) is 0 Å². The molecule has 0 spiro atoms. The summed E-state index contributed by atoms with van der Waals surface area (Å²) in [5.74, 6) is -0.128. The summed E-state index contributed by atoms with van der Waals surface area (Å²) < 4.78 is 0. The van der Waals surface area contributed by atoms with E-state index in [0.717, 1.165) is 22.0 Å². The zero-order valence-electron chi connectivity index (χ0n) is 14.4. The first kappa shape index (κ1) is 18.4. The predicted octanol–water partition coefficient (Wildman–Crippen LogP) is 2.19. The Hall–Kier alpha value is -1.63. The summed E-state index contributed by atoms with van der Waals surface area (Å²) >= 11 is 1.64. The second-order valence-electron chi connectivity index (χ2n) is 5.60. The van der Waals surface area contributed by atoms with E-state index in [4.69, 9.17) is 0 Å². The van der Waals surface area contributed by atoms with E-state index in [9.17, 15) is 9.59 Å². The second kappa shape index (κ2) is 7.58. The maximum atomic E-state index is 12.3. The van der Waals surface area contributed by atoms with Crippen LogP contribution in [0.5, 0.6) is 0 Å². The molecule has 6 nitrogen and oxygen atoms in total. The third-order valence-electron chi connectivity index (χ3n) is 3.61. The van der Waals surface area contributed by atoms with Crippen molar-refractivity contribution in [3.05, 3.63) is 15.6 Å². The maximum absolute atomic E-state index is 12.3. The summed E-state index contributed by atoms with van der Waals surface area (Å²) in [6.07, 6.45) is 0.891. The maximum Gasteiger partial charge on any atom is 0.318 e. The molecule has 124 valence electrons. The first-order valence-electron chi connectivity index (χ1n) is 7.39. The highest BCUT2D eigenvalue weighted by Gasteiger charge is 2.24. The van der Waals surface area contributed by atoms with Crippen LogP contribution in [0.2, 0.25) is 0 Å². The molecule has 1 heterocycles. The molecule has 22 heavy (non-hydrogen) atoms. The number of nitrogens with one attached hydrogen (secondary N) is 1. The van der Waals surface area contributed by atoms with Gasteiger partial charge in [-0.25, -0.2) is 9.78 Å². The summed E-state index contributed by atoms with van der Waals surface area (Å²) in [6.45, 7) is 7.69. The number of amides is 3. The molecule has 0 aromatic carbocycles. The Kier molecular flexibility index (Phi) is 6.34. The van der Waals surface area contributed by atoms with Gasteiger partial charge >= 0.3 is 6.03 Å². The van der Waals surface area contributed by atoms with Crippen molar-refractivity contribution in [2.75, 3.05) is 21.1 Å². The molecular formula is C15H26N4O2S. The minimum absolute atomic E-state index is 0.0838. The van der Waals surface area contributed by atoms with Crippen molar-refractivity contribution in [1.29, 1.82) is 0 Å². The monoisotopic (exact) mass is 326 g/mol. The number of aromatic nitrogens is 1. The molecule has 1 N–H and O–H groups in total. The van der Waals surface area contributed by atoms with Crippen molar-refractivity contribution in [2.45, 2.75) is 46.2 Å². The van der Waals surface area contributed by atoms with Crippen molar-refractivity contribution in [3.8, 4) is 0 Å².